The third-order valence-electron chi connectivity index (χ3n) is 6.05. The predicted octanol–water partition coefficient (Wildman–Crippen LogP) is 8.45. The largest absolute Gasteiger partial charge is 0.0876 e. The second-order valence-corrected chi connectivity index (χ2v) is 14.3. The summed E-state index contributed by atoms with van der Waals surface area (Å²) < 4.78 is 0. The maximum absolute atomic E-state index is 2.54. The van der Waals surface area contributed by atoms with Crippen LogP contribution in [0.2, 0.25) is 0 Å². The van der Waals surface area contributed by atoms with Crippen molar-refractivity contribution in [2.24, 2.45) is 0 Å². The molecule has 3 aromatic rings. The van der Waals surface area contributed by atoms with E-state index in [0.29, 0.717) is 11.6 Å². The van der Waals surface area contributed by atoms with E-state index in [1.807, 2.05) is 0 Å². The molecule has 2 atom stereocenters. The topological polar surface area (TPSA) is 0 Å². The molecule has 0 aliphatic heterocycles. The molecule has 150 valence electrons. The van der Waals surface area contributed by atoms with Gasteiger partial charge in [0.2, 0.25) is 0 Å². The molecule has 4 rings (SSSR count). The van der Waals surface area contributed by atoms with Gasteiger partial charge in [0.1, 0.15) is 0 Å². The quantitative estimate of drug-likeness (QED) is 0.379. The third kappa shape index (κ3) is 3.80. The van der Waals surface area contributed by atoms with Crippen LogP contribution in [-0.4, -0.2) is 16.0 Å². The molecular weight excluding hydrogens is 367 g/mol. The van der Waals surface area contributed by atoms with Gasteiger partial charge in [0.15, 0.2) is 0 Å². The van der Waals surface area contributed by atoms with Crippen molar-refractivity contribution in [2.75, 3.05) is 0 Å². The molecule has 29 heavy (non-hydrogen) atoms. The lowest BCUT2D eigenvalue weighted by Crippen LogP contribution is -2.35. The lowest BCUT2D eigenvalue weighted by molar-refractivity contribution is 0.676. The van der Waals surface area contributed by atoms with E-state index >= 15 is 0 Å². The highest BCUT2D eigenvalue weighted by Crippen LogP contribution is 2.67. The van der Waals surface area contributed by atoms with Crippen molar-refractivity contribution in [3.8, 4) is 0 Å². The van der Waals surface area contributed by atoms with Crippen molar-refractivity contribution in [1.82, 2.24) is 0 Å². The van der Waals surface area contributed by atoms with Crippen molar-refractivity contribution >= 4 is 24.8 Å². The van der Waals surface area contributed by atoms with Gasteiger partial charge in [-0.15, -0.1) is 0 Å². The van der Waals surface area contributed by atoms with E-state index in [1.165, 1.54) is 27.5 Å². The van der Waals surface area contributed by atoms with Crippen LogP contribution in [0.3, 0.4) is 0 Å². The molecule has 0 saturated carbocycles. The maximum Gasteiger partial charge on any atom is 0.0204 e. The van der Waals surface area contributed by atoms with Gasteiger partial charge >= 0.3 is 0 Å². The molecule has 0 amide bonds. The van der Waals surface area contributed by atoms with Crippen molar-refractivity contribution in [2.45, 2.75) is 63.4 Å². The first-order valence-corrected chi connectivity index (χ1v) is 12.1. The Morgan fingerprint density at radius 2 is 1.24 bits per heavy atom. The molecule has 0 N–H and O–H groups in total. The number of fused-ring (bicyclic) bond motifs is 2. The summed E-state index contributed by atoms with van der Waals surface area (Å²) in [6.45, 7) is 14.7. The van der Waals surface area contributed by atoms with E-state index in [4.69, 9.17) is 0 Å². The lowest BCUT2D eigenvalue weighted by Gasteiger charge is -2.49. The minimum Gasteiger partial charge on any atom is -0.0876 e. The molecule has 1 aliphatic carbocycles. The number of benzene rings is 3. The summed E-state index contributed by atoms with van der Waals surface area (Å²) in [6, 6.07) is 24.7. The van der Waals surface area contributed by atoms with Crippen LogP contribution in [0.15, 0.2) is 72.8 Å². The second kappa shape index (κ2) is 7.41. The molecule has 1 aliphatic rings. The Kier molecular flexibility index (Phi) is 5.20. The molecule has 0 aromatic heterocycles. The summed E-state index contributed by atoms with van der Waals surface area (Å²) in [6.07, 6.45) is 4.92. The van der Waals surface area contributed by atoms with E-state index in [2.05, 4.69) is 120 Å². The van der Waals surface area contributed by atoms with Gasteiger partial charge in [0, 0.05) is 11.6 Å². The standard InChI is InChI=1S/C28H33P/c1-27(2,3)29(28(4,5)6)25-19-18-21-13-8-10-16-23(21)26(25)24-17-11-14-20-12-7-9-15-22(20)24/h7-19,25-26H,1-6H3. The normalized spacial score (nSPS) is 19.6. The zero-order chi connectivity index (χ0) is 20.8. The van der Waals surface area contributed by atoms with Crippen LogP contribution in [-0.2, 0) is 0 Å². The Morgan fingerprint density at radius 3 is 1.97 bits per heavy atom. The Morgan fingerprint density at radius 1 is 0.655 bits per heavy atom. The van der Waals surface area contributed by atoms with Crippen LogP contribution in [0.25, 0.3) is 16.8 Å². The molecular formula is C28H33P. The number of hydrogen-bond acceptors (Lipinski definition) is 0. The molecule has 0 heterocycles. The molecule has 0 radical (unpaired) electrons. The van der Waals surface area contributed by atoms with Gasteiger partial charge in [-0.3, -0.25) is 0 Å². The van der Waals surface area contributed by atoms with Gasteiger partial charge in [-0.2, -0.15) is 0 Å². The van der Waals surface area contributed by atoms with Crippen LogP contribution >= 0.6 is 7.92 Å². The Balaban J connectivity index is 1.99. The monoisotopic (exact) mass is 400 g/mol. The maximum atomic E-state index is 2.54. The highest BCUT2D eigenvalue weighted by molar-refractivity contribution is 7.61. The molecule has 1 heteroatoms. The van der Waals surface area contributed by atoms with Gasteiger partial charge < -0.3 is 0 Å². The zero-order valence-electron chi connectivity index (χ0n) is 18.6. The number of rotatable bonds is 2. The van der Waals surface area contributed by atoms with Crippen molar-refractivity contribution in [3.05, 3.63) is 89.5 Å². The second-order valence-electron chi connectivity index (χ2n) is 10.2. The zero-order valence-corrected chi connectivity index (χ0v) is 19.5. The van der Waals surface area contributed by atoms with Gasteiger partial charge in [-0.05, 0) is 37.8 Å². The number of hydrogen-bond donors (Lipinski definition) is 0. The fraction of sp³-hybridized carbons (Fsp3) is 0.357. The van der Waals surface area contributed by atoms with E-state index in [-0.39, 0.29) is 18.2 Å². The summed E-state index contributed by atoms with van der Waals surface area (Å²) in [7, 11) is -0.290. The molecule has 0 fully saturated rings. The Labute approximate surface area is 177 Å². The summed E-state index contributed by atoms with van der Waals surface area (Å²) in [5, 5.41) is 3.29. The van der Waals surface area contributed by atoms with Crippen LogP contribution in [0.4, 0.5) is 0 Å². The van der Waals surface area contributed by atoms with Crippen molar-refractivity contribution < 1.29 is 0 Å². The summed E-state index contributed by atoms with van der Waals surface area (Å²) in [4.78, 5) is 0. The Bertz CT molecular complexity index is 1030. The van der Waals surface area contributed by atoms with E-state index in [1.54, 1.807) is 0 Å². The first kappa shape index (κ1) is 20.4. The summed E-state index contributed by atoms with van der Waals surface area (Å²) in [5.41, 5.74) is 4.86. The first-order chi connectivity index (χ1) is 13.7. The van der Waals surface area contributed by atoms with E-state index in [9.17, 15) is 0 Å². The SMILES string of the molecule is CC(C)(C)P(C1C=Cc2ccccc2C1c1cccc2ccccc12)C(C)(C)C. The lowest BCUT2D eigenvalue weighted by atomic mass is 9.80. The van der Waals surface area contributed by atoms with Crippen LogP contribution in [0.1, 0.15) is 64.2 Å². The number of allylic oxidation sites excluding steroid dienone is 1. The van der Waals surface area contributed by atoms with Gasteiger partial charge in [0.25, 0.3) is 0 Å². The first-order valence-electron chi connectivity index (χ1n) is 10.7. The molecule has 0 spiro atoms. The molecule has 2 unspecified atom stereocenters. The van der Waals surface area contributed by atoms with Gasteiger partial charge in [-0.1, -0.05) is 128 Å². The van der Waals surface area contributed by atoms with Gasteiger partial charge in [0.05, 0.1) is 0 Å². The highest BCUT2D eigenvalue weighted by atomic mass is 31.1. The third-order valence-corrected chi connectivity index (χ3v) is 10.0. The van der Waals surface area contributed by atoms with Crippen molar-refractivity contribution in [3.63, 3.8) is 0 Å². The van der Waals surface area contributed by atoms with Crippen LogP contribution in [0, 0.1) is 0 Å². The minimum absolute atomic E-state index is 0.276. The van der Waals surface area contributed by atoms with Crippen molar-refractivity contribution in [1.29, 1.82) is 0 Å². The average molecular weight is 401 g/mol. The minimum atomic E-state index is -0.290. The fourth-order valence-electron chi connectivity index (χ4n) is 5.45. The smallest absolute Gasteiger partial charge is 0.0204 e. The van der Waals surface area contributed by atoms with Crippen LogP contribution < -0.4 is 0 Å². The average Bonchev–Trinajstić information content (AvgIpc) is 2.65. The Hall–Kier alpha value is -1.91. The molecule has 3 aromatic carbocycles. The molecule has 0 nitrogen and oxygen atoms in total. The van der Waals surface area contributed by atoms with Crippen LogP contribution in [0.5, 0.6) is 0 Å². The van der Waals surface area contributed by atoms with E-state index in [0.717, 1.165) is 0 Å². The fourth-order valence-corrected chi connectivity index (χ4v) is 10.1. The predicted molar refractivity (Wildman–Crippen MR) is 131 cm³/mol. The van der Waals surface area contributed by atoms with E-state index < -0.39 is 0 Å². The summed E-state index contributed by atoms with van der Waals surface area (Å²) >= 11 is 0. The highest BCUT2D eigenvalue weighted by Gasteiger charge is 2.44. The summed E-state index contributed by atoms with van der Waals surface area (Å²) in [5.74, 6) is 0.395. The molecule has 0 saturated heterocycles. The molecule has 0 bridgehead atoms. The van der Waals surface area contributed by atoms with Gasteiger partial charge in [-0.25, -0.2) is 0 Å².